The molecule has 1 aromatic carbocycles. The molecule has 0 atom stereocenters. The Morgan fingerprint density at radius 3 is 2.67 bits per heavy atom. The monoisotopic (exact) mass is 266 g/mol. The lowest BCUT2D eigenvalue weighted by molar-refractivity contribution is 0.617. The fourth-order valence-corrected chi connectivity index (χ4v) is 3.36. The Morgan fingerprint density at radius 1 is 1.33 bits per heavy atom. The molecule has 0 radical (unpaired) electrons. The first-order valence-corrected chi connectivity index (χ1v) is 7.39. The van der Waals surface area contributed by atoms with Crippen molar-refractivity contribution in [2.24, 2.45) is 5.73 Å². The van der Waals surface area contributed by atoms with Gasteiger partial charge in [-0.3, -0.25) is 0 Å². The molecule has 0 aliphatic heterocycles. The van der Waals surface area contributed by atoms with Crippen LogP contribution in [-0.4, -0.2) is 19.1 Å². The van der Waals surface area contributed by atoms with Gasteiger partial charge in [0.1, 0.15) is 0 Å². The Morgan fingerprint density at radius 2 is 2.06 bits per heavy atom. The van der Waals surface area contributed by atoms with Gasteiger partial charge in [-0.25, -0.2) is 0 Å². The summed E-state index contributed by atoms with van der Waals surface area (Å²) >= 11 is 6.43. The van der Waals surface area contributed by atoms with E-state index in [1.165, 1.54) is 36.9 Å². The molecule has 2 N–H and O–H groups in total. The third-order valence-corrected chi connectivity index (χ3v) is 4.18. The Bertz CT molecular complexity index is 386. The fraction of sp³-hybridized carbons (Fsp3) is 0.600. The van der Waals surface area contributed by atoms with Crippen LogP contribution in [-0.2, 0) is 6.42 Å². The molecule has 0 spiro atoms. The van der Waals surface area contributed by atoms with E-state index in [0.29, 0.717) is 12.6 Å². The van der Waals surface area contributed by atoms with Gasteiger partial charge in [-0.15, -0.1) is 0 Å². The lowest BCUT2D eigenvalue weighted by atomic mass is 10.1. The van der Waals surface area contributed by atoms with Crippen LogP contribution in [0.2, 0.25) is 5.02 Å². The van der Waals surface area contributed by atoms with Gasteiger partial charge in [0.25, 0.3) is 0 Å². The molecule has 0 saturated heterocycles. The van der Waals surface area contributed by atoms with E-state index >= 15 is 0 Å². The van der Waals surface area contributed by atoms with Crippen molar-refractivity contribution >= 4 is 17.3 Å². The Kier molecular flexibility index (Phi) is 4.90. The molecule has 1 aromatic rings. The minimum atomic E-state index is 0.659. The molecule has 0 aromatic heterocycles. The number of anilines is 1. The van der Waals surface area contributed by atoms with Gasteiger partial charge in [-0.1, -0.05) is 36.6 Å². The van der Waals surface area contributed by atoms with E-state index < -0.39 is 0 Å². The predicted octanol–water partition coefficient (Wildman–Crippen LogP) is 3.61. The van der Waals surface area contributed by atoms with Crippen molar-refractivity contribution in [1.82, 2.24) is 0 Å². The molecule has 100 valence electrons. The molecular formula is C15H23ClN2. The standard InChI is InChI=1S/C15H23ClN2/c1-2-18(13-7-3-4-8-13)15-12(10-11-17)6-5-9-14(15)16/h5-6,9,13H,2-4,7-8,10-11,17H2,1H3. The molecule has 1 aliphatic rings. The third-order valence-electron chi connectivity index (χ3n) is 3.88. The molecular weight excluding hydrogens is 244 g/mol. The summed E-state index contributed by atoms with van der Waals surface area (Å²) < 4.78 is 0. The molecule has 0 heterocycles. The largest absolute Gasteiger partial charge is 0.367 e. The second kappa shape index (κ2) is 6.44. The number of para-hydroxylation sites is 1. The van der Waals surface area contributed by atoms with Crippen LogP contribution >= 0.6 is 11.6 Å². The summed E-state index contributed by atoms with van der Waals surface area (Å²) in [5.41, 5.74) is 8.22. The molecule has 0 bridgehead atoms. The van der Waals surface area contributed by atoms with E-state index in [-0.39, 0.29) is 0 Å². The SMILES string of the molecule is CCN(c1c(Cl)cccc1CCN)C1CCCC1. The average molecular weight is 267 g/mol. The zero-order valence-corrected chi connectivity index (χ0v) is 11.9. The molecule has 2 nitrogen and oxygen atoms in total. The summed E-state index contributed by atoms with van der Waals surface area (Å²) in [7, 11) is 0. The molecule has 18 heavy (non-hydrogen) atoms. The highest BCUT2D eigenvalue weighted by atomic mass is 35.5. The summed E-state index contributed by atoms with van der Waals surface area (Å²) in [6.45, 7) is 3.91. The van der Waals surface area contributed by atoms with Gasteiger partial charge in [0.2, 0.25) is 0 Å². The van der Waals surface area contributed by atoms with Gasteiger partial charge in [0.05, 0.1) is 10.7 Å². The second-order valence-corrected chi connectivity index (χ2v) is 5.42. The van der Waals surface area contributed by atoms with E-state index in [0.717, 1.165) is 18.0 Å². The summed E-state index contributed by atoms with van der Waals surface area (Å²) in [5, 5.41) is 0.870. The quantitative estimate of drug-likeness (QED) is 0.882. The van der Waals surface area contributed by atoms with E-state index in [1.54, 1.807) is 0 Å². The molecule has 0 amide bonds. The Labute approximate surface area is 115 Å². The highest BCUT2D eigenvalue weighted by Gasteiger charge is 2.24. The number of halogens is 1. The van der Waals surface area contributed by atoms with Crippen LogP contribution in [0.15, 0.2) is 18.2 Å². The smallest absolute Gasteiger partial charge is 0.0642 e. The number of rotatable bonds is 5. The van der Waals surface area contributed by atoms with Crippen molar-refractivity contribution in [1.29, 1.82) is 0 Å². The highest BCUT2D eigenvalue weighted by Crippen LogP contribution is 2.35. The highest BCUT2D eigenvalue weighted by molar-refractivity contribution is 6.33. The van der Waals surface area contributed by atoms with Gasteiger partial charge >= 0.3 is 0 Å². The minimum absolute atomic E-state index is 0.659. The normalized spacial score (nSPS) is 16.2. The lowest BCUT2D eigenvalue weighted by Crippen LogP contribution is -2.34. The van der Waals surface area contributed by atoms with Crippen molar-refractivity contribution in [3.05, 3.63) is 28.8 Å². The van der Waals surface area contributed by atoms with Crippen LogP contribution in [0, 0.1) is 0 Å². The van der Waals surface area contributed by atoms with Crippen molar-refractivity contribution < 1.29 is 0 Å². The van der Waals surface area contributed by atoms with Crippen LogP contribution in [0.4, 0.5) is 5.69 Å². The maximum atomic E-state index is 6.43. The number of nitrogens with zero attached hydrogens (tertiary/aromatic N) is 1. The number of nitrogens with two attached hydrogens (primary N) is 1. The van der Waals surface area contributed by atoms with Gasteiger partial charge in [0.15, 0.2) is 0 Å². The second-order valence-electron chi connectivity index (χ2n) is 5.01. The fourth-order valence-electron chi connectivity index (χ4n) is 3.05. The van der Waals surface area contributed by atoms with Crippen LogP contribution in [0.25, 0.3) is 0 Å². The minimum Gasteiger partial charge on any atom is -0.367 e. The first-order valence-electron chi connectivity index (χ1n) is 7.02. The van der Waals surface area contributed by atoms with Crippen LogP contribution in [0.5, 0.6) is 0 Å². The van der Waals surface area contributed by atoms with Crippen LogP contribution in [0.3, 0.4) is 0 Å². The number of hydrogen-bond donors (Lipinski definition) is 1. The van der Waals surface area contributed by atoms with Crippen molar-refractivity contribution in [3.8, 4) is 0 Å². The van der Waals surface area contributed by atoms with Gasteiger partial charge in [-0.05, 0) is 44.4 Å². The maximum absolute atomic E-state index is 6.43. The number of hydrogen-bond acceptors (Lipinski definition) is 2. The zero-order valence-electron chi connectivity index (χ0n) is 11.2. The zero-order chi connectivity index (χ0) is 13.0. The van der Waals surface area contributed by atoms with Crippen LogP contribution < -0.4 is 10.6 Å². The summed E-state index contributed by atoms with van der Waals surface area (Å²) in [5.74, 6) is 0. The Balaban J connectivity index is 2.33. The van der Waals surface area contributed by atoms with E-state index in [1.807, 2.05) is 12.1 Å². The van der Waals surface area contributed by atoms with E-state index in [4.69, 9.17) is 17.3 Å². The maximum Gasteiger partial charge on any atom is 0.0642 e. The van der Waals surface area contributed by atoms with Gasteiger partial charge in [-0.2, -0.15) is 0 Å². The van der Waals surface area contributed by atoms with E-state index in [2.05, 4.69) is 17.9 Å². The van der Waals surface area contributed by atoms with Gasteiger partial charge in [0, 0.05) is 12.6 Å². The molecule has 3 heteroatoms. The van der Waals surface area contributed by atoms with Crippen molar-refractivity contribution in [3.63, 3.8) is 0 Å². The molecule has 2 rings (SSSR count). The lowest BCUT2D eigenvalue weighted by Gasteiger charge is -2.32. The average Bonchev–Trinajstić information content (AvgIpc) is 2.87. The van der Waals surface area contributed by atoms with Crippen LogP contribution in [0.1, 0.15) is 38.2 Å². The topological polar surface area (TPSA) is 29.3 Å². The summed E-state index contributed by atoms with van der Waals surface area (Å²) in [4.78, 5) is 2.49. The number of benzene rings is 1. The summed E-state index contributed by atoms with van der Waals surface area (Å²) in [6.07, 6.45) is 6.18. The van der Waals surface area contributed by atoms with Crippen molar-refractivity contribution in [2.45, 2.75) is 45.1 Å². The van der Waals surface area contributed by atoms with E-state index in [9.17, 15) is 0 Å². The summed E-state index contributed by atoms with van der Waals surface area (Å²) in [6, 6.07) is 6.84. The molecule has 1 saturated carbocycles. The first-order chi connectivity index (χ1) is 8.77. The van der Waals surface area contributed by atoms with Gasteiger partial charge < -0.3 is 10.6 Å². The molecule has 1 fully saturated rings. The van der Waals surface area contributed by atoms with Crippen molar-refractivity contribution in [2.75, 3.05) is 18.0 Å². The third kappa shape index (κ3) is 2.81. The first kappa shape index (κ1) is 13.7. The molecule has 1 aliphatic carbocycles. The predicted molar refractivity (Wildman–Crippen MR) is 79.5 cm³/mol. The molecule has 0 unspecified atom stereocenters. The Hall–Kier alpha value is -0.730.